The number of carbonyl (C=O) groups excluding carboxylic acids is 1. The molecule has 0 spiro atoms. The van der Waals surface area contributed by atoms with Crippen LogP contribution in [0.15, 0.2) is 55.2 Å². The molecule has 1 amide bonds. The average Bonchev–Trinajstić information content (AvgIpc) is 2.61. The molecule has 0 atom stereocenters. The number of hydrogen-bond acceptors (Lipinski definition) is 6. The van der Waals surface area contributed by atoms with E-state index >= 15 is 0 Å². The first-order valence-corrected chi connectivity index (χ1v) is 8.17. The summed E-state index contributed by atoms with van der Waals surface area (Å²) >= 11 is 0. The fraction of sp³-hybridized carbons (Fsp3) is 0.158. The van der Waals surface area contributed by atoms with Crippen molar-refractivity contribution in [2.75, 3.05) is 5.32 Å². The number of ether oxygens (including phenoxy) is 2. The monoisotopic (exact) mass is 368 g/mol. The second-order valence-electron chi connectivity index (χ2n) is 5.85. The van der Waals surface area contributed by atoms with Crippen LogP contribution in [0.25, 0.3) is 0 Å². The quantitative estimate of drug-likeness (QED) is 0.711. The molecule has 7 nitrogen and oxygen atoms in total. The van der Waals surface area contributed by atoms with Crippen LogP contribution in [0.5, 0.6) is 17.2 Å². The molecule has 0 bridgehead atoms. The molecule has 1 aromatic carbocycles. The predicted octanol–water partition coefficient (Wildman–Crippen LogP) is 3.84. The Morgan fingerprint density at radius 2 is 1.85 bits per heavy atom. The van der Waals surface area contributed by atoms with Crippen molar-refractivity contribution in [3.63, 3.8) is 0 Å². The third-order valence-electron chi connectivity index (χ3n) is 3.24. The minimum atomic E-state index is -0.565. The number of nitrogens with zero attached hydrogens (tertiary/aromatic N) is 3. The summed E-state index contributed by atoms with van der Waals surface area (Å²) in [5.74, 6) is 0.0105. The number of rotatable bonds is 6. The fourth-order valence-corrected chi connectivity index (χ4v) is 2.24. The van der Waals surface area contributed by atoms with Gasteiger partial charge in [-0.25, -0.2) is 14.4 Å². The van der Waals surface area contributed by atoms with Gasteiger partial charge in [0.1, 0.15) is 29.3 Å². The highest BCUT2D eigenvalue weighted by Gasteiger charge is 2.12. The third-order valence-corrected chi connectivity index (χ3v) is 3.24. The Bertz CT molecular complexity index is 935. The van der Waals surface area contributed by atoms with E-state index < -0.39 is 11.7 Å². The zero-order chi connectivity index (χ0) is 19.2. The summed E-state index contributed by atoms with van der Waals surface area (Å²) in [6.45, 7) is 3.76. The Balaban J connectivity index is 1.76. The number of carbonyl (C=O) groups is 1. The fourth-order valence-electron chi connectivity index (χ4n) is 2.24. The number of anilines is 1. The second kappa shape index (κ2) is 8.22. The molecule has 0 radical (unpaired) electrons. The molecule has 0 aliphatic carbocycles. The van der Waals surface area contributed by atoms with Crippen molar-refractivity contribution >= 4 is 11.6 Å². The third kappa shape index (κ3) is 5.21. The number of hydrogen-bond donors (Lipinski definition) is 1. The van der Waals surface area contributed by atoms with Crippen LogP contribution in [0, 0.1) is 5.82 Å². The second-order valence-corrected chi connectivity index (χ2v) is 5.85. The molecule has 0 aliphatic rings. The smallest absolute Gasteiger partial charge is 0.274 e. The highest BCUT2D eigenvalue weighted by molar-refractivity contribution is 6.03. The first kappa shape index (κ1) is 18.2. The summed E-state index contributed by atoms with van der Waals surface area (Å²) in [5, 5.41) is 2.60. The maximum Gasteiger partial charge on any atom is 0.274 e. The maximum absolute atomic E-state index is 13.9. The maximum atomic E-state index is 13.9. The van der Waals surface area contributed by atoms with Gasteiger partial charge in [0.15, 0.2) is 5.75 Å². The molecule has 3 aromatic rings. The van der Waals surface area contributed by atoms with Gasteiger partial charge in [0.2, 0.25) is 0 Å². The molecule has 0 saturated carbocycles. The topological polar surface area (TPSA) is 86.2 Å². The minimum absolute atomic E-state index is 0.0341. The van der Waals surface area contributed by atoms with Gasteiger partial charge >= 0.3 is 0 Å². The van der Waals surface area contributed by atoms with E-state index in [1.165, 1.54) is 49.2 Å². The van der Waals surface area contributed by atoms with Crippen molar-refractivity contribution < 1.29 is 18.7 Å². The van der Waals surface area contributed by atoms with Crippen LogP contribution in [0.2, 0.25) is 0 Å². The summed E-state index contributed by atoms with van der Waals surface area (Å²) in [6.07, 6.45) is 5.69. The van der Waals surface area contributed by atoms with Crippen LogP contribution in [-0.2, 0) is 0 Å². The molecular weight excluding hydrogens is 351 g/mol. The number of pyridine rings is 1. The van der Waals surface area contributed by atoms with Gasteiger partial charge in [-0.05, 0) is 26.0 Å². The molecule has 138 valence electrons. The van der Waals surface area contributed by atoms with Crippen LogP contribution in [-0.4, -0.2) is 27.0 Å². The molecule has 0 fully saturated rings. The molecule has 2 aromatic heterocycles. The summed E-state index contributed by atoms with van der Waals surface area (Å²) in [7, 11) is 0. The molecule has 8 heteroatoms. The van der Waals surface area contributed by atoms with Crippen LogP contribution < -0.4 is 14.8 Å². The average molecular weight is 368 g/mol. The van der Waals surface area contributed by atoms with E-state index in [-0.39, 0.29) is 23.2 Å². The van der Waals surface area contributed by atoms with E-state index in [0.29, 0.717) is 11.5 Å². The highest BCUT2D eigenvalue weighted by Crippen LogP contribution is 2.25. The molecule has 2 heterocycles. The van der Waals surface area contributed by atoms with Crippen molar-refractivity contribution in [3.05, 3.63) is 66.8 Å². The first-order valence-electron chi connectivity index (χ1n) is 8.17. The Morgan fingerprint density at radius 1 is 1.07 bits per heavy atom. The van der Waals surface area contributed by atoms with Gasteiger partial charge in [-0.15, -0.1) is 0 Å². The van der Waals surface area contributed by atoms with Gasteiger partial charge in [0, 0.05) is 30.1 Å². The molecule has 0 aliphatic heterocycles. The zero-order valence-corrected chi connectivity index (χ0v) is 14.7. The lowest BCUT2D eigenvalue weighted by Gasteiger charge is -2.11. The van der Waals surface area contributed by atoms with Crippen LogP contribution >= 0.6 is 0 Å². The van der Waals surface area contributed by atoms with E-state index in [0.717, 1.165) is 0 Å². The normalized spacial score (nSPS) is 10.5. The van der Waals surface area contributed by atoms with Gasteiger partial charge in [-0.1, -0.05) is 0 Å². The lowest BCUT2D eigenvalue weighted by Crippen LogP contribution is -2.14. The van der Waals surface area contributed by atoms with E-state index in [1.807, 2.05) is 13.8 Å². The van der Waals surface area contributed by atoms with Crippen LogP contribution in [0.4, 0.5) is 10.1 Å². The van der Waals surface area contributed by atoms with Gasteiger partial charge in [0.05, 0.1) is 18.5 Å². The molecule has 1 N–H and O–H groups in total. The number of halogens is 1. The van der Waals surface area contributed by atoms with E-state index in [1.54, 1.807) is 6.07 Å². The molecule has 3 rings (SSSR count). The largest absolute Gasteiger partial charge is 0.491 e. The number of amides is 1. The Labute approximate surface area is 155 Å². The van der Waals surface area contributed by atoms with Crippen molar-refractivity contribution in [1.82, 2.24) is 15.0 Å². The summed E-state index contributed by atoms with van der Waals surface area (Å²) in [4.78, 5) is 24.1. The van der Waals surface area contributed by atoms with Crippen molar-refractivity contribution in [2.45, 2.75) is 20.0 Å². The summed E-state index contributed by atoms with van der Waals surface area (Å²) < 4.78 is 24.9. The minimum Gasteiger partial charge on any atom is -0.491 e. The zero-order valence-electron chi connectivity index (χ0n) is 14.7. The lowest BCUT2D eigenvalue weighted by atomic mass is 10.2. The summed E-state index contributed by atoms with van der Waals surface area (Å²) in [6, 6.07) is 7.04. The van der Waals surface area contributed by atoms with Gasteiger partial charge in [-0.2, -0.15) is 0 Å². The Morgan fingerprint density at radius 3 is 2.59 bits per heavy atom. The predicted molar refractivity (Wildman–Crippen MR) is 96.5 cm³/mol. The van der Waals surface area contributed by atoms with Gasteiger partial charge in [-0.3, -0.25) is 9.78 Å². The van der Waals surface area contributed by atoms with Crippen molar-refractivity contribution in [3.8, 4) is 17.2 Å². The van der Waals surface area contributed by atoms with Crippen LogP contribution in [0.3, 0.4) is 0 Å². The number of aromatic nitrogens is 3. The van der Waals surface area contributed by atoms with E-state index in [4.69, 9.17) is 9.47 Å². The number of nitrogens with one attached hydrogen (secondary N) is 1. The molecular formula is C19H17FN4O3. The lowest BCUT2D eigenvalue weighted by molar-refractivity contribution is 0.102. The highest BCUT2D eigenvalue weighted by atomic mass is 19.1. The van der Waals surface area contributed by atoms with E-state index in [9.17, 15) is 9.18 Å². The van der Waals surface area contributed by atoms with Crippen molar-refractivity contribution in [2.24, 2.45) is 0 Å². The molecule has 0 unspecified atom stereocenters. The van der Waals surface area contributed by atoms with E-state index in [2.05, 4.69) is 20.3 Å². The Hall–Kier alpha value is -3.55. The summed E-state index contributed by atoms with van der Waals surface area (Å²) in [5.41, 5.74) is 0.375. The van der Waals surface area contributed by atoms with Crippen LogP contribution in [0.1, 0.15) is 24.3 Å². The van der Waals surface area contributed by atoms with Gasteiger partial charge in [0.25, 0.3) is 5.91 Å². The standard InChI is InChI=1S/C19H17FN4O3/c1-12(2)26-15-3-4-23-18(8-15)19(25)24-14-5-13(20)6-16(7-14)27-17-9-21-11-22-10-17/h3-12H,1-2H3,(H,24,25). The Kier molecular flexibility index (Phi) is 5.55. The SMILES string of the molecule is CC(C)Oc1ccnc(C(=O)Nc2cc(F)cc(Oc3cncnc3)c2)c1. The molecule has 0 saturated heterocycles. The number of benzene rings is 1. The van der Waals surface area contributed by atoms with Crippen molar-refractivity contribution in [1.29, 1.82) is 0 Å². The van der Waals surface area contributed by atoms with Gasteiger partial charge < -0.3 is 14.8 Å². The molecule has 27 heavy (non-hydrogen) atoms. The first-order chi connectivity index (χ1) is 13.0.